The lowest BCUT2D eigenvalue weighted by Crippen LogP contribution is -2.47. The number of carboxylic acid groups (broad SMARTS) is 1. The van der Waals surface area contributed by atoms with Crippen molar-refractivity contribution in [2.75, 3.05) is 12.4 Å². The number of rotatable bonds is 4. The predicted molar refractivity (Wildman–Crippen MR) is 74.9 cm³/mol. The number of urea groups is 1. The van der Waals surface area contributed by atoms with Crippen LogP contribution in [-0.2, 0) is 11.3 Å². The number of anilines is 1. The maximum Gasteiger partial charge on any atom is 0.325 e. The second-order valence-electron chi connectivity index (χ2n) is 5.28. The van der Waals surface area contributed by atoms with E-state index in [1.54, 1.807) is 7.05 Å². The molecule has 1 heterocycles. The maximum absolute atomic E-state index is 12.1. The molecule has 8 nitrogen and oxygen atoms in total. The van der Waals surface area contributed by atoms with E-state index in [1.807, 2.05) is 0 Å². The molecule has 8 heteroatoms. The van der Waals surface area contributed by atoms with Crippen LogP contribution < -0.4 is 5.32 Å². The molecule has 1 saturated carbocycles. The van der Waals surface area contributed by atoms with Crippen molar-refractivity contribution in [3.05, 3.63) is 12.4 Å². The molecule has 1 aliphatic rings. The minimum absolute atomic E-state index is 0.187. The number of nitrogens with one attached hydrogen (secondary N) is 1. The number of carbonyl (C=O) groups excluding carboxylic acids is 1. The van der Waals surface area contributed by atoms with Gasteiger partial charge in [0.1, 0.15) is 6.54 Å². The summed E-state index contributed by atoms with van der Waals surface area (Å²) in [5, 5.41) is 25.1. The van der Waals surface area contributed by atoms with Crippen molar-refractivity contribution in [1.82, 2.24) is 14.7 Å². The van der Waals surface area contributed by atoms with E-state index >= 15 is 0 Å². The first-order valence-electron chi connectivity index (χ1n) is 6.93. The van der Waals surface area contributed by atoms with Crippen LogP contribution in [0.3, 0.4) is 0 Å². The number of amides is 2. The third-order valence-electron chi connectivity index (χ3n) is 3.69. The molecule has 0 bridgehead atoms. The Morgan fingerprint density at radius 2 is 2.19 bits per heavy atom. The van der Waals surface area contributed by atoms with Gasteiger partial charge in [-0.25, -0.2) is 4.79 Å². The van der Waals surface area contributed by atoms with Crippen LogP contribution in [0.4, 0.5) is 10.5 Å². The highest BCUT2D eigenvalue weighted by molar-refractivity contribution is 5.89. The van der Waals surface area contributed by atoms with Crippen LogP contribution in [0.15, 0.2) is 12.4 Å². The van der Waals surface area contributed by atoms with E-state index in [0.717, 1.165) is 19.3 Å². The highest BCUT2D eigenvalue weighted by Gasteiger charge is 2.29. The van der Waals surface area contributed by atoms with Gasteiger partial charge in [0.25, 0.3) is 0 Å². The molecule has 1 aromatic heterocycles. The number of carbonyl (C=O) groups is 2. The van der Waals surface area contributed by atoms with E-state index in [4.69, 9.17) is 5.11 Å². The lowest BCUT2D eigenvalue weighted by Gasteiger charge is -2.35. The number of likely N-dealkylation sites (N-methyl/N-ethyl adjacent to an activating group) is 1. The Kier molecular flexibility index (Phi) is 4.79. The minimum Gasteiger partial charge on any atom is -0.480 e. The van der Waals surface area contributed by atoms with E-state index < -0.39 is 12.1 Å². The maximum atomic E-state index is 12.1. The van der Waals surface area contributed by atoms with Gasteiger partial charge in [0.05, 0.1) is 24.0 Å². The van der Waals surface area contributed by atoms with Gasteiger partial charge >= 0.3 is 12.0 Å². The number of aromatic nitrogens is 2. The molecule has 2 rings (SSSR count). The molecule has 3 N–H and O–H groups in total. The average Bonchev–Trinajstić information content (AvgIpc) is 2.84. The van der Waals surface area contributed by atoms with Crippen LogP contribution in [0.5, 0.6) is 0 Å². The Morgan fingerprint density at radius 3 is 2.86 bits per heavy atom. The van der Waals surface area contributed by atoms with E-state index in [1.165, 1.54) is 22.0 Å². The standard InChI is InChI=1S/C13H20N4O4/c1-16(10-4-2-3-5-11(10)18)13(21)15-9-6-14-17(7-9)8-12(19)20/h6-7,10-11,18H,2-5,8H2,1H3,(H,15,21)(H,19,20). The zero-order chi connectivity index (χ0) is 15.4. The fraction of sp³-hybridized carbons (Fsp3) is 0.615. The monoisotopic (exact) mass is 296 g/mol. The Balaban J connectivity index is 1.93. The number of nitrogens with zero attached hydrogens (tertiary/aromatic N) is 3. The molecule has 1 aromatic rings. The third kappa shape index (κ3) is 3.94. The van der Waals surface area contributed by atoms with Gasteiger partial charge in [-0.1, -0.05) is 12.8 Å². The summed E-state index contributed by atoms with van der Waals surface area (Å²) in [5.74, 6) is -1.00. The molecule has 0 aliphatic heterocycles. The fourth-order valence-corrected chi connectivity index (χ4v) is 2.56. The number of aliphatic carboxylic acids is 1. The summed E-state index contributed by atoms with van der Waals surface area (Å²) in [6.07, 6.45) is 5.82. The summed E-state index contributed by atoms with van der Waals surface area (Å²) in [6.45, 7) is -0.257. The van der Waals surface area contributed by atoms with Crippen LogP contribution in [0, 0.1) is 0 Å². The molecular formula is C13H20N4O4. The molecule has 2 unspecified atom stereocenters. The molecular weight excluding hydrogens is 276 g/mol. The van der Waals surface area contributed by atoms with Crippen molar-refractivity contribution in [1.29, 1.82) is 0 Å². The predicted octanol–water partition coefficient (Wildman–Crippen LogP) is 0.735. The van der Waals surface area contributed by atoms with Gasteiger partial charge in [0.2, 0.25) is 0 Å². The second kappa shape index (κ2) is 6.57. The van der Waals surface area contributed by atoms with Crippen molar-refractivity contribution in [2.45, 2.75) is 44.4 Å². The zero-order valence-corrected chi connectivity index (χ0v) is 11.9. The summed E-state index contributed by atoms with van der Waals surface area (Å²) >= 11 is 0. The summed E-state index contributed by atoms with van der Waals surface area (Å²) in [6, 6.07) is -0.524. The minimum atomic E-state index is -1.00. The van der Waals surface area contributed by atoms with Crippen LogP contribution in [0.2, 0.25) is 0 Å². The van der Waals surface area contributed by atoms with E-state index in [0.29, 0.717) is 12.1 Å². The van der Waals surface area contributed by atoms with Gasteiger partial charge in [-0.2, -0.15) is 5.10 Å². The molecule has 0 aromatic carbocycles. The Labute approximate surface area is 122 Å². The quantitative estimate of drug-likeness (QED) is 0.759. The van der Waals surface area contributed by atoms with Crippen molar-refractivity contribution in [2.24, 2.45) is 0 Å². The Hall–Kier alpha value is -2.09. The SMILES string of the molecule is CN(C(=O)Nc1cnn(CC(=O)O)c1)C1CCCCC1O. The lowest BCUT2D eigenvalue weighted by molar-refractivity contribution is -0.137. The largest absolute Gasteiger partial charge is 0.480 e. The fourth-order valence-electron chi connectivity index (χ4n) is 2.56. The highest BCUT2D eigenvalue weighted by atomic mass is 16.4. The van der Waals surface area contributed by atoms with Gasteiger partial charge in [-0.05, 0) is 12.8 Å². The van der Waals surface area contributed by atoms with Gasteiger partial charge in [-0.15, -0.1) is 0 Å². The number of hydrogen-bond donors (Lipinski definition) is 3. The molecule has 2 atom stereocenters. The Morgan fingerprint density at radius 1 is 1.48 bits per heavy atom. The molecule has 0 spiro atoms. The molecule has 116 valence electrons. The lowest BCUT2D eigenvalue weighted by atomic mass is 9.92. The smallest absolute Gasteiger partial charge is 0.325 e. The van der Waals surface area contributed by atoms with E-state index in [9.17, 15) is 14.7 Å². The summed E-state index contributed by atoms with van der Waals surface area (Å²) in [7, 11) is 1.65. The first-order valence-corrected chi connectivity index (χ1v) is 6.93. The van der Waals surface area contributed by atoms with Crippen molar-refractivity contribution in [3.63, 3.8) is 0 Å². The number of aliphatic hydroxyl groups is 1. The van der Waals surface area contributed by atoms with Crippen LogP contribution in [0.25, 0.3) is 0 Å². The van der Waals surface area contributed by atoms with Crippen molar-refractivity contribution < 1.29 is 19.8 Å². The summed E-state index contributed by atoms with van der Waals surface area (Å²) in [5.41, 5.74) is 0.429. The van der Waals surface area contributed by atoms with E-state index in [-0.39, 0.29) is 18.6 Å². The first-order chi connectivity index (χ1) is 9.97. The van der Waals surface area contributed by atoms with Crippen molar-refractivity contribution in [3.8, 4) is 0 Å². The zero-order valence-electron chi connectivity index (χ0n) is 11.9. The van der Waals surface area contributed by atoms with E-state index in [2.05, 4.69) is 10.4 Å². The molecule has 21 heavy (non-hydrogen) atoms. The molecule has 2 amide bonds. The molecule has 1 aliphatic carbocycles. The molecule has 0 saturated heterocycles. The number of hydrogen-bond acceptors (Lipinski definition) is 4. The van der Waals surface area contributed by atoms with Gasteiger partial charge in [0.15, 0.2) is 0 Å². The summed E-state index contributed by atoms with van der Waals surface area (Å²) < 4.78 is 1.23. The van der Waals surface area contributed by atoms with Crippen molar-refractivity contribution >= 4 is 17.7 Å². The average molecular weight is 296 g/mol. The number of aliphatic hydroxyl groups excluding tert-OH is 1. The number of carboxylic acids is 1. The third-order valence-corrected chi connectivity index (χ3v) is 3.69. The molecule has 1 fully saturated rings. The van der Waals surface area contributed by atoms with Gasteiger partial charge < -0.3 is 20.4 Å². The van der Waals surface area contributed by atoms with Gasteiger partial charge in [-0.3, -0.25) is 9.48 Å². The Bertz CT molecular complexity index is 516. The topological polar surface area (TPSA) is 108 Å². The first kappa shape index (κ1) is 15.3. The molecule has 0 radical (unpaired) electrons. The van der Waals surface area contributed by atoms with Crippen LogP contribution in [0.1, 0.15) is 25.7 Å². The van der Waals surface area contributed by atoms with Crippen LogP contribution >= 0.6 is 0 Å². The second-order valence-corrected chi connectivity index (χ2v) is 5.28. The van der Waals surface area contributed by atoms with Gasteiger partial charge in [0, 0.05) is 13.2 Å². The highest BCUT2D eigenvalue weighted by Crippen LogP contribution is 2.22. The van der Waals surface area contributed by atoms with Crippen LogP contribution in [-0.4, -0.2) is 56.1 Å². The normalized spacial score (nSPS) is 21.8. The summed E-state index contributed by atoms with van der Waals surface area (Å²) in [4.78, 5) is 24.2.